The highest BCUT2D eigenvalue weighted by Gasteiger charge is 2.06. The average molecular weight is 175 g/mol. The summed E-state index contributed by atoms with van der Waals surface area (Å²) < 4.78 is 15.7. The molecule has 0 saturated carbocycles. The van der Waals surface area contributed by atoms with Gasteiger partial charge in [-0.25, -0.2) is 0 Å². The first-order valence-electron chi connectivity index (χ1n) is 4.45. The first-order valence-corrected chi connectivity index (χ1v) is 4.45. The van der Waals surface area contributed by atoms with Gasteiger partial charge in [0, 0.05) is 19.8 Å². The minimum Gasteiger partial charge on any atom is -0.376 e. The van der Waals surface area contributed by atoms with Crippen LogP contribution >= 0.6 is 0 Å². The predicted octanol–water partition coefficient (Wildman–Crippen LogP) is 1.63. The standard InChI is InChI=1S/C9H19O3/c1-4-7-12-9(11-6-3)8-10-5-2/h9H,2,4-8H2,1,3H3. The smallest absolute Gasteiger partial charge is 0.180 e. The molecule has 0 bridgehead atoms. The molecule has 0 amide bonds. The van der Waals surface area contributed by atoms with Gasteiger partial charge in [0.2, 0.25) is 0 Å². The van der Waals surface area contributed by atoms with E-state index in [4.69, 9.17) is 14.2 Å². The van der Waals surface area contributed by atoms with Crippen LogP contribution in [-0.4, -0.2) is 32.7 Å². The first kappa shape index (κ1) is 11.9. The van der Waals surface area contributed by atoms with Crippen molar-refractivity contribution in [2.45, 2.75) is 26.6 Å². The summed E-state index contributed by atoms with van der Waals surface area (Å²) in [6.07, 6.45) is 0.769. The van der Waals surface area contributed by atoms with Crippen LogP contribution < -0.4 is 0 Å². The second-order valence-electron chi connectivity index (χ2n) is 2.33. The third-order valence-corrected chi connectivity index (χ3v) is 1.26. The lowest BCUT2D eigenvalue weighted by Gasteiger charge is -2.16. The number of rotatable bonds is 8. The molecular formula is C9H19O3. The van der Waals surface area contributed by atoms with E-state index in [2.05, 4.69) is 13.8 Å². The lowest BCUT2D eigenvalue weighted by Crippen LogP contribution is -2.23. The molecule has 1 atom stereocenters. The molecule has 3 nitrogen and oxygen atoms in total. The van der Waals surface area contributed by atoms with Gasteiger partial charge in [-0.1, -0.05) is 6.92 Å². The van der Waals surface area contributed by atoms with E-state index in [-0.39, 0.29) is 6.29 Å². The summed E-state index contributed by atoms with van der Waals surface area (Å²) in [4.78, 5) is 0. The number of ether oxygens (including phenoxy) is 3. The molecule has 0 aromatic carbocycles. The van der Waals surface area contributed by atoms with Crippen molar-refractivity contribution < 1.29 is 14.2 Å². The molecule has 0 saturated heterocycles. The van der Waals surface area contributed by atoms with E-state index in [0.717, 1.165) is 6.42 Å². The second kappa shape index (κ2) is 8.97. The molecule has 73 valence electrons. The predicted molar refractivity (Wildman–Crippen MR) is 47.8 cm³/mol. The van der Waals surface area contributed by atoms with Crippen LogP contribution in [0.2, 0.25) is 0 Å². The molecule has 1 radical (unpaired) electrons. The Bertz CT molecular complexity index is 77.8. The molecule has 0 rings (SSSR count). The maximum atomic E-state index is 5.36. The van der Waals surface area contributed by atoms with Gasteiger partial charge in [0.15, 0.2) is 6.29 Å². The van der Waals surface area contributed by atoms with Crippen molar-refractivity contribution >= 4 is 0 Å². The highest BCUT2D eigenvalue weighted by atomic mass is 16.7. The van der Waals surface area contributed by atoms with Gasteiger partial charge in [0.1, 0.15) is 0 Å². The average Bonchev–Trinajstić information content (AvgIpc) is 2.10. The highest BCUT2D eigenvalue weighted by molar-refractivity contribution is 4.42. The molecule has 0 aliphatic rings. The van der Waals surface area contributed by atoms with Crippen LogP contribution in [0.4, 0.5) is 0 Å². The van der Waals surface area contributed by atoms with Crippen molar-refractivity contribution in [2.24, 2.45) is 0 Å². The summed E-state index contributed by atoms with van der Waals surface area (Å²) in [6, 6.07) is 0. The fraction of sp³-hybridized carbons (Fsp3) is 0.889. The molecule has 0 N–H and O–H groups in total. The largest absolute Gasteiger partial charge is 0.376 e. The Hall–Kier alpha value is -0.120. The summed E-state index contributed by atoms with van der Waals surface area (Å²) >= 11 is 0. The van der Waals surface area contributed by atoms with Gasteiger partial charge in [-0.2, -0.15) is 0 Å². The zero-order valence-corrected chi connectivity index (χ0v) is 8.04. The monoisotopic (exact) mass is 175 g/mol. The van der Waals surface area contributed by atoms with Crippen molar-refractivity contribution in [3.05, 3.63) is 6.92 Å². The third-order valence-electron chi connectivity index (χ3n) is 1.26. The minimum absolute atomic E-state index is 0.225. The molecule has 1 unspecified atom stereocenters. The molecule has 0 fully saturated rings. The van der Waals surface area contributed by atoms with Crippen LogP contribution in [0.25, 0.3) is 0 Å². The molecule has 0 aromatic rings. The van der Waals surface area contributed by atoms with E-state index in [1.54, 1.807) is 0 Å². The van der Waals surface area contributed by atoms with E-state index in [9.17, 15) is 0 Å². The lowest BCUT2D eigenvalue weighted by atomic mass is 10.5. The van der Waals surface area contributed by atoms with Crippen LogP contribution in [0.1, 0.15) is 20.3 Å². The van der Waals surface area contributed by atoms with Crippen LogP contribution in [0.3, 0.4) is 0 Å². The molecule has 0 aromatic heterocycles. The third kappa shape index (κ3) is 6.58. The van der Waals surface area contributed by atoms with Crippen LogP contribution in [0.15, 0.2) is 0 Å². The summed E-state index contributed by atoms with van der Waals surface area (Å²) in [5, 5.41) is 0. The van der Waals surface area contributed by atoms with Gasteiger partial charge in [-0.15, -0.1) is 0 Å². The van der Waals surface area contributed by atoms with Crippen molar-refractivity contribution in [2.75, 3.05) is 26.4 Å². The summed E-state index contributed by atoms with van der Waals surface area (Å²) in [7, 11) is 0. The summed E-state index contributed by atoms with van der Waals surface area (Å²) in [5.41, 5.74) is 0. The molecule has 0 aliphatic heterocycles. The van der Waals surface area contributed by atoms with Gasteiger partial charge >= 0.3 is 0 Å². The Morgan fingerprint density at radius 3 is 2.50 bits per heavy atom. The van der Waals surface area contributed by atoms with E-state index >= 15 is 0 Å². The normalized spacial score (nSPS) is 13.2. The van der Waals surface area contributed by atoms with Crippen molar-refractivity contribution in [1.82, 2.24) is 0 Å². The van der Waals surface area contributed by atoms with Gasteiger partial charge in [0.25, 0.3) is 0 Å². The molecule has 0 aliphatic carbocycles. The van der Waals surface area contributed by atoms with Crippen LogP contribution in [-0.2, 0) is 14.2 Å². The highest BCUT2D eigenvalue weighted by Crippen LogP contribution is 1.97. The summed E-state index contributed by atoms with van der Waals surface area (Å²) in [6.45, 7) is 9.85. The Balaban J connectivity index is 3.40. The minimum atomic E-state index is -0.225. The Morgan fingerprint density at radius 1 is 1.25 bits per heavy atom. The number of hydrogen-bond donors (Lipinski definition) is 0. The van der Waals surface area contributed by atoms with Gasteiger partial charge in [-0.05, 0) is 20.3 Å². The topological polar surface area (TPSA) is 27.7 Å². The van der Waals surface area contributed by atoms with Crippen LogP contribution in [0, 0.1) is 6.92 Å². The van der Waals surface area contributed by atoms with E-state index < -0.39 is 0 Å². The van der Waals surface area contributed by atoms with Gasteiger partial charge in [-0.3, -0.25) is 0 Å². The second-order valence-corrected chi connectivity index (χ2v) is 2.33. The van der Waals surface area contributed by atoms with E-state index in [1.807, 2.05) is 6.92 Å². The fourth-order valence-electron chi connectivity index (χ4n) is 0.759. The summed E-state index contributed by atoms with van der Waals surface area (Å²) in [5.74, 6) is 0. The zero-order valence-electron chi connectivity index (χ0n) is 8.04. The number of hydrogen-bond acceptors (Lipinski definition) is 3. The van der Waals surface area contributed by atoms with Crippen molar-refractivity contribution in [3.8, 4) is 0 Å². The molecule has 12 heavy (non-hydrogen) atoms. The van der Waals surface area contributed by atoms with Crippen molar-refractivity contribution in [1.29, 1.82) is 0 Å². The quantitative estimate of drug-likeness (QED) is 0.525. The van der Waals surface area contributed by atoms with Crippen molar-refractivity contribution in [3.63, 3.8) is 0 Å². The molecule has 0 spiro atoms. The van der Waals surface area contributed by atoms with Gasteiger partial charge < -0.3 is 14.2 Å². The maximum Gasteiger partial charge on any atom is 0.180 e. The van der Waals surface area contributed by atoms with E-state index in [1.165, 1.54) is 0 Å². The van der Waals surface area contributed by atoms with Gasteiger partial charge in [0.05, 0.1) is 6.61 Å². The first-order chi connectivity index (χ1) is 5.85. The Labute approximate surface area is 75.0 Å². The molecular weight excluding hydrogens is 156 g/mol. The molecule has 0 heterocycles. The zero-order chi connectivity index (χ0) is 9.23. The Morgan fingerprint density at radius 2 is 2.00 bits per heavy atom. The maximum absolute atomic E-state index is 5.36. The lowest BCUT2D eigenvalue weighted by molar-refractivity contribution is -0.167. The molecule has 3 heteroatoms. The Kier molecular flexibility index (Phi) is 8.88. The SMILES string of the molecule is [CH2]COCC(OCC)OCCC. The van der Waals surface area contributed by atoms with Crippen LogP contribution in [0.5, 0.6) is 0 Å². The van der Waals surface area contributed by atoms with E-state index in [0.29, 0.717) is 26.4 Å². The fourth-order valence-corrected chi connectivity index (χ4v) is 0.759.